The minimum atomic E-state index is -0.879. The summed E-state index contributed by atoms with van der Waals surface area (Å²) in [6.45, 7) is 1.92. The van der Waals surface area contributed by atoms with Gasteiger partial charge in [-0.05, 0) is 48.9 Å². The van der Waals surface area contributed by atoms with E-state index in [1.165, 1.54) is 30.5 Å². The summed E-state index contributed by atoms with van der Waals surface area (Å²) < 4.78 is 16.8. The normalized spacial score (nSPS) is 16.9. The minimum Gasteiger partial charge on any atom is -0.507 e. The van der Waals surface area contributed by atoms with Gasteiger partial charge in [0.25, 0.3) is 5.78 Å². The Morgan fingerprint density at radius 1 is 0.946 bits per heavy atom. The van der Waals surface area contributed by atoms with E-state index in [2.05, 4.69) is 4.98 Å². The van der Waals surface area contributed by atoms with Gasteiger partial charge in [-0.1, -0.05) is 41.2 Å². The van der Waals surface area contributed by atoms with Gasteiger partial charge in [-0.2, -0.15) is 0 Å². The van der Waals surface area contributed by atoms with Gasteiger partial charge in [0.15, 0.2) is 16.6 Å². The lowest BCUT2D eigenvalue weighted by Gasteiger charge is -2.23. The summed E-state index contributed by atoms with van der Waals surface area (Å²) in [4.78, 5) is 32.9. The summed E-state index contributed by atoms with van der Waals surface area (Å²) in [7, 11) is 4.57. The molecule has 0 bridgehead atoms. The molecule has 1 atom stereocenters. The lowest BCUT2D eigenvalue weighted by molar-refractivity contribution is -0.132. The number of anilines is 1. The molecule has 8 nitrogen and oxygen atoms in total. The zero-order chi connectivity index (χ0) is 26.3. The number of aliphatic hydroxyl groups excluding tert-OH is 1. The third-order valence-electron chi connectivity index (χ3n) is 6.25. The summed E-state index contributed by atoms with van der Waals surface area (Å²) >= 11 is 1.27. The van der Waals surface area contributed by atoms with Crippen LogP contribution in [0.2, 0.25) is 0 Å². The average molecular weight is 517 g/mol. The van der Waals surface area contributed by atoms with E-state index in [4.69, 9.17) is 14.2 Å². The van der Waals surface area contributed by atoms with Crippen molar-refractivity contribution in [3.63, 3.8) is 0 Å². The van der Waals surface area contributed by atoms with Crippen molar-refractivity contribution in [2.75, 3.05) is 26.2 Å². The number of fused-ring (bicyclic) bond motifs is 1. The van der Waals surface area contributed by atoms with Gasteiger partial charge in [0, 0.05) is 5.56 Å². The molecule has 0 radical (unpaired) electrons. The lowest BCUT2D eigenvalue weighted by atomic mass is 9.94. The number of hydrogen-bond acceptors (Lipinski definition) is 8. The van der Waals surface area contributed by atoms with Crippen LogP contribution in [0.1, 0.15) is 22.7 Å². The van der Waals surface area contributed by atoms with E-state index in [-0.39, 0.29) is 11.3 Å². The Bertz CT molecular complexity index is 1570. The molecule has 1 saturated heterocycles. The molecule has 1 amide bonds. The third-order valence-corrected chi connectivity index (χ3v) is 7.27. The molecule has 0 spiro atoms. The van der Waals surface area contributed by atoms with Gasteiger partial charge in [-0.3, -0.25) is 14.5 Å². The molecule has 1 aromatic heterocycles. The standard InChI is InChI=1S/C28H24N2O6S/c1-15-6-5-7-16(12-15)24-23(25(31)17-8-11-20(35-3)21(13-17)36-4)26(32)27(33)30(24)28-29-19-10-9-18(34-2)14-22(19)37-28/h5-14,24,31H,1-4H3/b25-23+. The number of aliphatic hydroxyl groups is 1. The van der Waals surface area contributed by atoms with Crippen LogP contribution in [0.5, 0.6) is 17.2 Å². The van der Waals surface area contributed by atoms with Crippen LogP contribution in [0.4, 0.5) is 5.13 Å². The number of thiazole rings is 1. The number of hydrogen-bond donors (Lipinski definition) is 1. The highest BCUT2D eigenvalue weighted by atomic mass is 32.1. The highest BCUT2D eigenvalue weighted by Crippen LogP contribution is 2.45. The Kier molecular flexibility index (Phi) is 6.31. The van der Waals surface area contributed by atoms with Gasteiger partial charge >= 0.3 is 5.91 Å². The molecule has 188 valence electrons. The molecule has 0 aliphatic carbocycles. The molecule has 5 rings (SSSR count). The van der Waals surface area contributed by atoms with Crippen molar-refractivity contribution in [2.45, 2.75) is 13.0 Å². The first kappa shape index (κ1) is 24.3. The largest absolute Gasteiger partial charge is 0.507 e. The van der Waals surface area contributed by atoms with Gasteiger partial charge in [0.2, 0.25) is 0 Å². The van der Waals surface area contributed by atoms with Crippen molar-refractivity contribution >= 4 is 44.1 Å². The van der Waals surface area contributed by atoms with E-state index < -0.39 is 17.7 Å². The number of nitrogens with zero attached hydrogens (tertiary/aromatic N) is 2. The zero-order valence-corrected chi connectivity index (χ0v) is 21.5. The van der Waals surface area contributed by atoms with Gasteiger partial charge in [-0.15, -0.1) is 0 Å². The minimum absolute atomic E-state index is 0.0281. The molecule has 0 saturated carbocycles. The summed E-state index contributed by atoms with van der Waals surface area (Å²) in [5.74, 6) is -0.354. The number of benzene rings is 3. The summed E-state index contributed by atoms with van der Waals surface area (Å²) in [6, 6.07) is 16.8. The van der Waals surface area contributed by atoms with Gasteiger partial charge in [0.1, 0.15) is 11.5 Å². The molecule has 9 heteroatoms. The quantitative estimate of drug-likeness (QED) is 0.212. The first-order chi connectivity index (χ1) is 17.9. The van der Waals surface area contributed by atoms with Gasteiger partial charge in [0.05, 0.1) is 43.2 Å². The Morgan fingerprint density at radius 2 is 1.73 bits per heavy atom. The number of amides is 1. The van der Waals surface area contributed by atoms with Gasteiger partial charge in [-0.25, -0.2) is 4.98 Å². The fraction of sp³-hybridized carbons (Fsp3) is 0.179. The van der Waals surface area contributed by atoms with E-state index >= 15 is 0 Å². The molecule has 37 heavy (non-hydrogen) atoms. The number of aromatic nitrogens is 1. The molecule has 3 aromatic carbocycles. The molecule has 1 aliphatic heterocycles. The van der Waals surface area contributed by atoms with Crippen LogP contribution in [-0.4, -0.2) is 43.1 Å². The first-order valence-electron chi connectivity index (χ1n) is 11.4. The summed E-state index contributed by atoms with van der Waals surface area (Å²) in [6.07, 6.45) is 0. The number of methoxy groups -OCH3 is 3. The van der Waals surface area contributed by atoms with Crippen LogP contribution in [0.25, 0.3) is 16.0 Å². The van der Waals surface area contributed by atoms with Crippen LogP contribution < -0.4 is 19.1 Å². The number of ketones is 1. The molecule has 1 fully saturated rings. The van der Waals surface area contributed by atoms with Crippen molar-refractivity contribution in [1.29, 1.82) is 0 Å². The Morgan fingerprint density at radius 3 is 2.43 bits per heavy atom. The predicted molar refractivity (Wildman–Crippen MR) is 142 cm³/mol. The Labute approximate surface area is 217 Å². The van der Waals surface area contributed by atoms with E-state index in [0.717, 1.165) is 10.3 Å². The zero-order valence-electron chi connectivity index (χ0n) is 20.6. The fourth-order valence-electron chi connectivity index (χ4n) is 4.45. The number of ether oxygens (including phenoxy) is 3. The molecular weight excluding hydrogens is 492 g/mol. The van der Waals surface area contributed by atoms with Crippen molar-refractivity contribution in [3.05, 3.63) is 82.9 Å². The lowest BCUT2D eigenvalue weighted by Crippen LogP contribution is -2.29. The molecule has 4 aromatic rings. The highest BCUT2D eigenvalue weighted by Gasteiger charge is 2.48. The van der Waals surface area contributed by atoms with E-state index in [1.54, 1.807) is 37.4 Å². The molecule has 2 heterocycles. The van der Waals surface area contributed by atoms with Gasteiger partial charge < -0.3 is 19.3 Å². The second-order valence-electron chi connectivity index (χ2n) is 8.48. The Hall–Kier alpha value is -4.37. The second kappa shape index (κ2) is 9.59. The Balaban J connectivity index is 1.72. The number of Topliss-reactive ketones (excluding diaryl/α,β-unsaturated/α-hetero) is 1. The number of carbonyl (C=O) groups excluding carboxylic acids is 2. The molecular formula is C28H24N2O6S. The van der Waals surface area contributed by atoms with Crippen LogP contribution in [0, 0.1) is 6.92 Å². The topological polar surface area (TPSA) is 98.2 Å². The SMILES string of the molecule is COc1ccc2nc(N3C(=O)C(=O)/C(=C(/O)c4ccc(OC)c(OC)c4)C3c3cccc(C)c3)sc2c1. The maximum atomic E-state index is 13.5. The maximum absolute atomic E-state index is 13.5. The smallest absolute Gasteiger partial charge is 0.301 e. The average Bonchev–Trinajstić information content (AvgIpc) is 3.45. The molecule has 1 N–H and O–H groups in total. The second-order valence-corrected chi connectivity index (χ2v) is 9.49. The summed E-state index contributed by atoms with van der Waals surface area (Å²) in [5, 5.41) is 11.8. The van der Waals surface area contributed by atoms with E-state index in [9.17, 15) is 14.7 Å². The monoisotopic (exact) mass is 516 g/mol. The third kappa shape index (κ3) is 4.17. The molecule has 1 unspecified atom stereocenters. The number of aryl methyl sites for hydroxylation is 1. The van der Waals surface area contributed by atoms with Crippen molar-refractivity contribution < 1.29 is 28.9 Å². The summed E-state index contributed by atoms with van der Waals surface area (Å²) in [5.41, 5.74) is 2.59. The van der Waals surface area contributed by atoms with Crippen molar-refractivity contribution in [2.24, 2.45) is 0 Å². The molecule has 1 aliphatic rings. The number of carbonyl (C=O) groups is 2. The first-order valence-corrected chi connectivity index (χ1v) is 12.2. The van der Waals surface area contributed by atoms with Crippen molar-refractivity contribution in [1.82, 2.24) is 4.98 Å². The van der Waals surface area contributed by atoms with Crippen LogP contribution in [0.15, 0.2) is 66.2 Å². The van der Waals surface area contributed by atoms with Crippen LogP contribution in [0.3, 0.4) is 0 Å². The van der Waals surface area contributed by atoms with E-state index in [0.29, 0.717) is 39.0 Å². The fourth-order valence-corrected chi connectivity index (χ4v) is 5.47. The maximum Gasteiger partial charge on any atom is 0.301 e. The van der Waals surface area contributed by atoms with Crippen molar-refractivity contribution in [3.8, 4) is 17.2 Å². The van der Waals surface area contributed by atoms with Crippen LogP contribution in [-0.2, 0) is 9.59 Å². The van der Waals surface area contributed by atoms with Crippen LogP contribution >= 0.6 is 11.3 Å². The van der Waals surface area contributed by atoms with E-state index in [1.807, 2.05) is 37.3 Å². The number of rotatable bonds is 6. The highest BCUT2D eigenvalue weighted by molar-refractivity contribution is 7.22. The predicted octanol–water partition coefficient (Wildman–Crippen LogP) is 5.26.